The number of benzene rings is 3. The molecule has 0 aliphatic carbocycles. The minimum Gasteiger partial charge on any atom is -0.480 e. The van der Waals surface area contributed by atoms with Crippen LogP contribution in [0.4, 0.5) is 10.5 Å². The molecule has 0 bridgehead atoms. The zero-order valence-electron chi connectivity index (χ0n) is 16.6. The van der Waals surface area contributed by atoms with E-state index in [-0.39, 0.29) is 22.0 Å². The molecule has 3 amide bonds. The quantitative estimate of drug-likeness (QED) is 0.402. The SMILES string of the molecule is NC(=O)Nc1ccccc1-c1ccc(C[C@H](NC(=O)c2c(Cl)cccc2Cl)C(=O)O)cc1. The van der Waals surface area contributed by atoms with Gasteiger partial charge in [0, 0.05) is 12.0 Å². The molecule has 0 saturated heterocycles. The zero-order valence-corrected chi connectivity index (χ0v) is 18.2. The third kappa shape index (κ3) is 5.57. The number of amides is 3. The van der Waals surface area contributed by atoms with Crippen LogP contribution < -0.4 is 16.4 Å². The average Bonchev–Trinajstić information content (AvgIpc) is 2.73. The second-order valence-electron chi connectivity index (χ2n) is 6.90. The van der Waals surface area contributed by atoms with Gasteiger partial charge in [-0.1, -0.05) is 71.7 Å². The maximum atomic E-state index is 12.6. The number of rotatable bonds is 7. The fraction of sp³-hybridized carbons (Fsp3) is 0.0870. The van der Waals surface area contributed by atoms with Gasteiger partial charge < -0.3 is 21.5 Å². The molecule has 3 rings (SSSR count). The van der Waals surface area contributed by atoms with Gasteiger partial charge in [0.15, 0.2) is 0 Å². The number of carboxylic acids is 1. The van der Waals surface area contributed by atoms with Crippen LogP contribution in [0.15, 0.2) is 66.7 Å². The highest BCUT2D eigenvalue weighted by Gasteiger charge is 2.23. The lowest BCUT2D eigenvalue weighted by molar-refractivity contribution is -0.139. The summed E-state index contributed by atoms with van der Waals surface area (Å²) in [5.74, 6) is -1.86. The molecule has 0 fully saturated rings. The number of halogens is 2. The number of para-hydroxylation sites is 1. The lowest BCUT2D eigenvalue weighted by Crippen LogP contribution is -2.42. The normalized spacial score (nSPS) is 11.4. The third-order valence-corrected chi connectivity index (χ3v) is 5.31. The molecule has 7 nitrogen and oxygen atoms in total. The summed E-state index contributed by atoms with van der Waals surface area (Å²) >= 11 is 12.1. The van der Waals surface area contributed by atoms with Gasteiger partial charge in [0.2, 0.25) is 0 Å². The first kappa shape index (κ1) is 23.1. The highest BCUT2D eigenvalue weighted by atomic mass is 35.5. The van der Waals surface area contributed by atoms with Crippen LogP contribution in [-0.2, 0) is 11.2 Å². The molecular formula is C23H19Cl2N3O4. The molecule has 0 aliphatic heterocycles. The minimum atomic E-state index is -1.19. The summed E-state index contributed by atoms with van der Waals surface area (Å²) in [7, 11) is 0. The Morgan fingerprint density at radius 2 is 1.53 bits per heavy atom. The molecule has 3 aromatic carbocycles. The molecule has 9 heteroatoms. The molecule has 1 atom stereocenters. The minimum absolute atomic E-state index is 0.0241. The Morgan fingerprint density at radius 3 is 2.12 bits per heavy atom. The largest absolute Gasteiger partial charge is 0.480 e. The molecule has 0 radical (unpaired) electrons. The predicted molar refractivity (Wildman–Crippen MR) is 124 cm³/mol. The van der Waals surface area contributed by atoms with E-state index in [1.165, 1.54) is 12.1 Å². The number of anilines is 1. The fourth-order valence-corrected chi connectivity index (χ4v) is 3.75. The van der Waals surface area contributed by atoms with Gasteiger partial charge in [0.05, 0.1) is 21.3 Å². The maximum absolute atomic E-state index is 12.6. The highest BCUT2D eigenvalue weighted by Crippen LogP contribution is 2.28. The van der Waals surface area contributed by atoms with Crippen molar-refractivity contribution in [3.63, 3.8) is 0 Å². The summed E-state index contributed by atoms with van der Waals surface area (Å²) in [6.45, 7) is 0. The van der Waals surface area contributed by atoms with E-state index in [2.05, 4.69) is 10.6 Å². The van der Waals surface area contributed by atoms with Crippen molar-refractivity contribution < 1.29 is 19.5 Å². The molecule has 0 spiro atoms. The second-order valence-corrected chi connectivity index (χ2v) is 7.71. The summed E-state index contributed by atoms with van der Waals surface area (Å²) in [4.78, 5) is 35.5. The molecular weight excluding hydrogens is 453 g/mol. The Labute approximate surface area is 194 Å². The van der Waals surface area contributed by atoms with Crippen LogP contribution in [0.25, 0.3) is 11.1 Å². The maximum Gasteiger partial charge on any atom is 0.326 e. The van der Waals surface area contributed by atoms with Gasteiger partial charge >= 0.3 is 12.0 Å². The number of nitrogens with two attached hydrogens (primary N) is 1. The van der Waals surface area contributed by atoms with Crippen molar-refractivity contribution in [2.45, 2.75) is 12.5 Å². The molecule has 3 aromatic rings. The predicted octanol–water partition coefficient (Wildman–Crippen LogP) is 4.58. The third-order valence-electron chi connectivity index (χ3n) is 4.68. The molecule has 0 heterocycles. The van der Waals surface area contributed by atoms with Crippen molar-refractivity contribution >= 4 is 46.8 Å². The summed E-state index contributed by atoms with van der Waals surface area (Å²) < 4.78 is 0. The first-order chi connectivity index (χ1) is 15.3. The lowest BCUT2D eigenvalue weighted by atomic mass is 9.99. The van der Waals surface area contributed by atoms with E-state index in [9.17, 15) is 19.5 Å². The van der Waals surface area contributed by atoms with E-state index in [4.69, 9.17) is 28.9 Å². The van der Waals surface area contributed by atoms with Gasteiger partial charge in [-0.3, -0.25) is 4.79 Å². The summed E-state index contributed by atoms with van der Waals surface area (Å²) in [5, 5.41) is 14.9. The summed E-state index contributed by atoms with van der Waals surface area (Å²) in [6.07, 6.45) is 0.0462. The highest BCUT2D eigenvalue weighted by molar-refractivity contribution is 6.39. The standard InChI is InChI=1S/C23H19Cl2N3O4/c24-16-5-3-6-17(25)20(16)21(29)27-19(22(30)31)12-13-8-10-14(11-9-13)15-4-1-2-7-18(15)28-23(26)32/h1-11,19H,12H2,(H,27,29)(H,30,31)(H3,26,28,32)/t19-/m0/s1. The van der Waals surface area contributed by atoms with Crippen LogP contribution >= 0.6 is 23.2 Å². The van der Waals surface area contributed by atoms with Crippen LogP contribution in [-0.4, -0.2) is 29.1 Å². The molecule has 32 heavy (non-hydrogen) atoms. The molecule has 0 aromatic heterocycles. The van der Waals surface area contributed by atoms with Crippen LogP contribution in [0.3, 0.4) is 0 Å². The number of hydrogen-bond donors (Lipinski definition) is 4. The van der Waals surface area contributed by atoms with Crippen molar-refractivity contribution in [2.75, 3.05) is 5.32 Å². The number of hydrogen-bond acceptors (Lipinski definition) is 3. The number of carboxylic acid groups (broad SMARTS) is 1. The van der Waals surface area contributed by atoms with Crippen LogP contribution in [0.5, 0.6) is 0 Å². The molecule has 5 N–H and O–H groups in total. The second kappa shape index (κ2) is 10.2. The smallest absolute Gasteiger partial charge is 0.326 e. The molecule has 0 aliphatic rings. The van der Waals surface area contributed by atoms with E-state index in [1.807, 2.05) is 12.1 Å². The number of nitrogens with one attached hydrogen (secondary N) is 2. The monoisotopic (exact) mass is 471 g/mol. The molecule has 0 saturated carbocycles. The first-order valence-electron chi connectivity index (χ1n) is 9.48. The van der Waals surface area contributed by atoms with Gasteiger partial charge in [0.25, 0.3) is 5.91 Å². The van der Waals surface area contributed by atoms with E-state index in [0.717, 1.165) is 11.1 Å². The Balaban J connectivity index is 1.78. The Bertz CT molecular complexity index is 1150. The number of carbonyl (C=O) groups is 3. The molecule has 0 unspecified atom stereocenters. The zero-order chi connectivity index (χ0) is 23.3. The van der Waals surface area contributed by atoms with Crippen molar-refractivity contribution in [1.82, 2.24) is 5.32 Å². The number of carbonyl (C=O) groups excluding carboxylic acids is 2. The fourth-order valence-electron chi connectivity index (χ4n) is 3.18. The van der Waals surface area contributed by atoms with E-state index in [1.54, 1.807) is 42.5 Å². The number of primary amides is 1. The van der Waals surface area contributed by atoms with E-state index < -0.39 is 23.9 Å². The van der Waals surface area contributed by atoms with Crippen molar-refractivity contribution in [3.05, 3.63) is 87.9 Å². The Morgan fingerprint density at radius 1 is 0.906 bits per heavy atom. The van der Waals surface area contributed by atoms with E-state index >= 15 is 0 Å². The lowest BCUT2D eigenvalue weighted by Gasteiger charge is -2.16. The van der Waals surface area contributed by atoms with Gasteiger partial charge in [-0.15, -0.1) is 0 Å². The van der Waals surface area contributed by atoms with Gasteiger partial charge in [0.1, 0.15) is 6.04 Å². The van der Waals surface area contributed by atoms with Gasteiger partial charge in [-0.2, -0.15) is 0 Å². The van der Waals surface area contributed by atoms with Crippen LogP contribution in [0.1, 0.15) is 15.9 Å². The number of urea groups is 1. The van der Waals surface area contributed by atoms with E-state index in [0.29, 0.717) is 11.3 Å². The Kier molecular flexibility index (Phi) is 7.35. The number of aliphatic carboxylic acids is 1. The topological polar surface area (TPSA) is 122 Å². The van der Waals surface area contributed by atoms with Crippen molar-refractivity contribution in [3.8, 4) is 11.1 Å². The van der Waals surface area contributed by atoms with Gasteiger partial charge in [-0.05, 0) is 29.3 Å². The van der Waals surface area contributed by atoms with Crippen molar-refractivity contribution in [1.29, 1.82) is 0 Å². The summed E-state index contributed by atoms with van der Waals surface area (Å²) in [5.41, 5.74) is 8.05. The van der Waals surface area contributed by atoms with Crippen molar-refractivity contribution in [2.24, 2.45) is 5.73 Å². The summed E-state index contributed by atoms with van der Waals surface area (Å²) in [6, 6.07) is 17.0. The van der Waals surface area contributed by atoms with Crippen LogP contribution in [0, 0.1) is 0 Å². The Hall–Kier alpha value is -3.55. The molecule has 164 valence electrons. The van der Waals surface area contributed by atoms with Gasteiger partial charge in [-0.25, -0.2) is 9.59 Å². The van der Waals surface area contributed by atoms with Crippen LogP contribution in [0.2, 0.25) is 10.0 Å². The first-order valence-corrected chi connectivity index (χ1v) is 10.2. The average molecular weight is 472 g/mol.